The van der Waals surface area contributed by atoms with Gasteiger partial charge in [0.15, 0.2) is 0 Å². The summed E-state index contributed by atoms with van der Waals surface area (Å²) in [6.45, 7) is 6.45. The fourth-order valence-corrected chi connectivity index (χ4v) is 2.71. The number of H-pyrrole nitrogens is 1. The molecule has 0 spiro atoms. The van der Waals surface area contributed by atoms with Gasteiger partial charge in [0.05, 0.1) is 6.04 Å². The smallest absolute Gasteiger partial charge is 0.333 e. The lowest BCUT2D eigenvalue weighted by atomic mass is 10.1. The van der Waals surface area contributed by atoms with Crippen LogP contribution in [-0.2, 0) is 11.2 Å². The van der Waals surface area contributed by atoms with Crippen LogP contribution in [0.15, 0.2) is 16.9 Å². The molecule has 108 valence electrons. The van der Waals surface area contributed by atoms with Crippen LogP contribution in [0.5, 0.6) is 0 Å². The SMILES string of the molecule is CCC1C=CCN1C(=O)CCc1c(C)nc(=O)[nH]c1C. The number of carbonyl (C=O) groups is 1. The van der Waals surface area contributed by atoms with Gasteiger partial charge in [-0.2, -0.15) is 4.98 Å². The van der Waals surface area contributed by atoms with Crippen molar-refractivity contribution >= 4 is 5.91 Å². The highest BCUT2D eigenvalue weighted by Gasteiger charge is 2.23. The van der Waals surface area contributed by atoms with E-state index in [1.54, 1.807) is 0 Å². The molecule has 0 bridgehead atoms. The largest absolute Gasteiger partial charge is 0.345 e. The Bertz CT molecular complexity index is 563. The monoisotopic (exact) mass is 275 g/mol. The number of aromatic nitrogens is 2. The molecule has 0 saturated heterocycles. The van der Waals surface area contributed by atoms with E-state index in [1.165, 1.54) is 0 Å². The highest BCUT2D eigenvalue weighted by atomic mass is 16.2. The van der Waals surface area contributed by atoms with E-state index < -0.39 is 0 Å². The molecule has 1 unspecified atom stereocenters. The molecule has 5 heteroatoms. The molecule has 20 heavy (non-hydrogen) atoms. The van der Waals surface area contributed by atoms with Crippen LogP contribution >= 0.6 is 0 Å². The van der Waals surface area contributed by atoms with Gasteiger partial charge in [0.1, 0.15) is 0 Å². The summed E-state index contributed by atoms with van der Waals surface area (Å²) in [7, 11) is 0. The first-order chi connectivity index (χ1) is 9.52. The predicted octanol–water partition coefficient (Wildman–Crippen LogP) is 1.50. The molecular weight excluding hydrogens is 254 g/mol. The van der Waals surface area contributed by atoms with E-state index in [1.807, 2.05) is 24.8 Å². The van der Waals surface area contributed by atoms with E-state index in [2.05, 4.69) is 23.0 Å². The number of nitrogens with zero attached hydrogens (tertiary/aromatic N) is 2. The quantitative estimate of drug-likeness (QED) is 0.847. The predicted molar refractivity (Wildman–Crippen MR) is 77.6 cm³/mol. The lowest BCUT2D eigenvalue weighted by Gasteiger charge is -2.23. The molecule has 0 fully saturated rings. The molecule has 1 aromatic heterocycles. The first kappa shape index (κ1) is 14.5. The number of rotatable bonds is 4. The van der Waals surface area contributed by atoms with Crippen LogP contribution in [0.3, 0.4) is 0 Å². The molecule has 1 N–H and O–H groups in total. The Kier molecular flexibility index (Phi) is 4.37. The summed E-state index contributed by atoms with van der Waals surface area (Å²) in [6.07, 6.45) is 6.15. The van der Waals surface area contributed by atoms with Gasteiger partial charge < -0.3 is 9.88 Å². The Hall–Kier alpha value is -1.91. The Morgan fingerprint density at radius 1 is 1.50 bits per heavy atom. The molecule has 5 nitrogen and oxygen atoms in total. The summed E-state index contributed by atoms with van der Waals surface area (Å²) in [5.41, 5.74) is 2.16. The normalized spacial score (nSPS) is 17.8. The molecule has 0 aromatic carbocycles. The van der Waals surface area contributed by atoms with Crippen molar-refractivity contribution in [3.05, 3.63) is 39.6 Å². The molecule has 2 rings (SSSR count). The number of aromatic amines is 1. The number of amides is 1. The average molecular weight is 275 g/mol. The standard InChI is InChI=1S/C15H21N3O2/c1-4-12-6-5-9-18(12)14(19)8-7-13-10(2)16-15(20)17-11(13)3/h5-6,12H,4,7-9H2,1-3H3,(H,16,17,20). The van der Waals surface area contributed by atoms with Gasteiger partial charge in [-0.15, -0.1) is 0 Å². The third kappa shape index (κ3) is 2.98. The summed E-state index contributed by atoms with van der Waals surface area (Å²) in [4.78, 5) is 32.0. The van der Waals surface area contributed by atoms with E-state index in [0.717, 1.165) is 17.7 Å². The minimum Gasteiger partial charge on any atom is -0.333 e. The second-order valence-electron chi connectivity index (χ2n) is 5.18. The Morgan fingerprint density at radius 2 is 2.25 bits per heavy atom. The molecule has 1 atom stereocenters. The van der Waals surface area contributed by atoms with Crippen molar-refractivity contribution in [3.8, 4) is 0 Å². The minimum absolute atomic E-state index is 0.159. The lowest BCUT2D eigenvalue weighted by Crippen LogP contribution is -2.35. The van der Waals surface area contributed by atoms with Crippen molar-refractivity contribution in [2.75, 3.05) is 6.54 Å². The van der Waals surface area contributed by atoms with E-state index in [-0.39, 0.29) is 17.6 Å². The molecule has 1 aromatic rings. The van der Waals surface area contributed by atoms with Crippen molar-refractivity contribution in [1.29, 1.82) is 0 Å². The first-order valence-electron chi connectivity index (χ1n) is 7.05. The second kappa shape index (κ2) is 6.03. The van der Waals surface area contributed by atoms with Crippen molar-refractivity contribution in [2.24, 2.45) is 0 Å². The molecule has 0 aliphatic carbocycles. The van der Waals surface area contributed by atoms with Gasteiger partial charge in [0.25, 0.3) is 0 Å². The first-order valence-corrected chi connectivity index (χ1v) is 7.05. The molecule has 1 aliphatic rings. The Balaban J connectivity index is 2.02. The van der Waals surface area contributed by atoms with Gasteiger partial charge in [0, 0.05) is 24.4 Å². The third-order valence-corrected chi connectivity index (χ3v) is 3.84. The molecule has 0 saturated carbocycles. The van der Waals surface area contributed by atoms with E-state index in [4.69, 9.17) is 0 Å². The van der Waals surface area contributed by atoms with Gasteiger partial charge >= 0.3 is 5.69 Å². The van der Waals surface area contributed by atoms with Crippen LogP contribution in [-0.4, -0.2) is 33.4 Å². The summed E-state index contributed by atoms with van der Waals surface area (Å²) in [5, 5.41) is 0. The third-order valence-electron chi connectivity index (χ3n) is 3.84. The van der Waals surface area contributed by atoms with Crippen LogP contribution in [0, 0.1) is 13.8 Å². The highest BCUT2D eigenvalue weighted by Crippen LogP contribution is 2.16. The Morgan fingerprint density at radius 3 is 2.90 bits per heavy atom. The number of hydrogen-bond acceptors (Lipinski definition) is 3. The summed E-state index contributed by atoms with van der Waals surface area (Å²) in [6, 6.07) is 0.235. The maximum Gasteiger partial charge on any atom is 0.345 e. The van der Waals surface area contributed by atoms with Crippen LogP contribution in [0.2, 0.25) is 0 Å². The summed E-state index contributed by atoms with van der Waals surface area (Å²) in [5.74, 6) is 0.159. The van der Waals surface area contributed by atoms with Gasteiger partial charge in [-0.3, -0.25) is 4.79 Å². The van der Waals surface area contributed by atoms with Crippen molar-refractivity contribution in [2.45, 2.75) is 46.1 Å². The van der Waals surface area contributed by atoms with Crippen LogP contribution < -0.4 is 5.69 Å². The van der Waals surface area contributed by atoms with E-state index in [9.17, 15) is 9.59 Å². The number of carbonyl (C=O) groups excluding carboxylic acids is 1. The van der Waals surface area contributed by atoms with Crippen molar-refractivity contribution in [1.82, 2.24) is 14.9 Å². The van der Waals surface area contributed by atoms with Gasteiger partial charge in [0.2, 0.25) is 5.91 Å². The molecule has 1 aliphatic heterocycles. The summed E-state index contributed by atoms with van der Waals surface area (Å²) >= 11 is 0. The molecule has 0 radical (unpaired) electrons. The van der Waals surface area contributed by atoms with Gasteiger partial charge in [-0.1, -0.05) is 19.1 Å². The second-order valence-corrected chi connectivity index (χ2v) is 5.18. The van der Waals surface area contributed by atoms with Crippen LogP contribution in [0.4, 0.5) is 0 Å². The zero-order valence-corrected chi connectivity index (χ0v) is 12.3. The minimum atomic E-state index is -0.329. The fourth-order valence-electron chi connectivity index (χ4n) is 2.71. The van der Waals surface area contributed by atoms with E-state index in [0.29, 0.717) is 25.1 Å². The van der Waals surface area contributed by atoms with Gasteiger partial charge in [-0.25, -0.2) is 4.79 Å². The van der Waals surface area contributed by atoms with Gasteiger partial charge in [-0.05, 0) is 32.3 Å². The molecule has 1 amide bonds. The van der Waals surface area contributed by atoms with Crippen molar-refractivity contribution in [3.63, 3.8) is 0 Å². The maximum atomic E-state index is 12.3. The maximum absolute atomic E-state index is 12.3. The molecule has 2 heterocycles. The van der Waals surface area contributed by atoms with E-state index >= 15 is 0 Å². The Labute approximate surface area is 118 Å². The zero-order chi connectivity index (χ0) is 14.7. The average Bonchev–Trinajstić information content (AvgIpc) is 2.85. The molecular formula is C15H21N3O2. The fraction of sp³-hybridized carbons (Fsp3) is 0.533. The lowest BCUT2D eigenvalue weighted by molar-refractivity contribution is -0.131. The number of aryl methyl sites for hydroxylation is 2. The zero-order valence-electron chi connectivity index (χ0n) is 12.3. The topological polar surface area (TPSA) is 66.1 Å². The van der Waals surface area contributed by atoms with Crippen molar-refractivity contribution < 1.29 is 4.79 Å². The number of hydrogen-bond donors (Lipinski definition) is 1. The highest BCUT2D eigenvalue weighted by molar-refractivity contribution is 5.77. The van der Waals surface area contributed by atoms with Crippen LogP contribution in [0.25, 0.3) is 0 Å². The number of nitrogens with one attached hydrogen (secondary N) is 1. The van der Waals surface area contributed by atoms with Crippen LogP contribution in [0.1, 0.15) is 36.7 Å². The summed E-state index contributed by atoms with van der Waals surface area (Å²) < 4.78 is 0.